The van der Waals surface area contributed by atoms with Crippen LogP contribution >= 0.6 is 0 Å². The first-order valence-electron chi connectivity index (χ1n) is 9.43. The van der Waals surface area contributed by atoms with Crippen molar-refractivity contribution in [3.63, 3.8) is 0 Å². The van der Waals surface area contributed by atoms with Gasteiger partial charge in [-0.2, -0.15) is 5.10 Å². The number of piperidine rings is 1. The molecule has 7 nitrogen and oxygen atoms in total. The molecule has 1 amide bonds. The maximum Gasteiger partial charge on any atom is 0.290 e. The highest BCUT2D eigenvalue weighted by Gasteiger charge is 2.30. The Kier molecular flexibility index (Phi) is 5.13. The quantitative estimate of drug-likeness (QED) is 0.894. The molecule has 0 radical (unpaired) electrons. The number of aryl methyl sites for hydroxylation is 2. The molecule has 146 valence electrons. The third-order valence-electron chi connectivity index (χ3n) is 5.18. The molecule has 7 heteroatoms. The maximum atomic E-state index is 13.0. The van der Waals surface area contributed by atoms with E-state index < -0.39 is 11.6 Å². The van der Waals surface area contributed by atoms with E-state index in [2.05, 4.69) is 18.9 Å². The van der Waals surface area contributed by atoms with Crippen molar-refractivity contribution in [2.75, 3.05) is 18.8 Å². The Hall–Kier alpha value is -2.57. The molecule has 3 atom stereocenters. The summed E-state index contributed by atoms with van der Waals surface area (Å²) >= 11 is 0. The Morgan fingerprint density at radius 2 is 1.89 bits per heavy atom. The van der Waals surface area contributed by atoms with Crippen molar-refractivity contribution < 1.29 is 9.21 Å². The van der Waals surface area contributed by atoms with E-state index in [1.807, 2.05) is 24.8 Å². The summed E-state index contributed by atoms with van der Waals surface area (Å²) in [6.45, 7) is 11.1. The summed E-state index contributed by atoms with van der Waals surface area (Å²) in [5.74, 6) is 2.24. The molecule has 0 spiro atoms. The van der Waals surface area contributed by atoms with Crippen LogP contribution in [-0.4, -0.2) is 33.7 Å². The zero-order valence-electron chi connectivity index (χ0n) is 16.7. The summed E-state index contributed by atoms with van der Waals surface area (Å²) in [5, 5.41) is 4.45. The number of hydrogen-bond donors (Lipinski definition) is 1. The lowest BCUT2D eigenvalue weighted by Crippen LogP contribution is -2.47. The highest BCUT2D eigenvalue weighted by atomic mass is 16.3. The summed E-state index contributed by atoms with van der Waals surface area (Å²) in [7, 11) is 0. The molecule has 0 unspecified atom stereocenters. The van der Waals surface area contributed by atoms with Gasteiger partial charge in [0.2, 0.25) is 5.91 Å². The lowest BCUT2D eigenvalue weighted by atomic mass is 9.91. The van der Waals surface area contributed by atoms with Crippen LogP contribution in [0.25, 0.3) is 11.3 Å². The van der Waals surface area contributed by atoms with Gasteiger partial charge < -0.3 is 15.1 Å². The normalized spacial score (nSPS) is 21.3. The average molecular weight is 372 g/mol. The number of amides is 1. The number of hydrogen-bond acceptors (Lipinski definition) is 5. The molecule has 1 saturated heterocycles. The number of aromatic nitrogens is 2. The molecule has 1 aliphatic rings. The zero-order valence-corrected chi connectivity index (χ0v) is 16.7. The fourth-order valence-corrected chi connectivity index (χ4v) is 4.02. The maximum absolute atomic E-state index is 13.0. The number of carbonyl (C=O) groups is 1. The van der Waals surface area contributed by atoms with Gasteiger partial charge in [-0.05, 0) is 51.2 Å². The Morgan fingerprint density at radius 1 is 1.26 bits per heavy atom. The summed E-state index contributed by atoms with van der Waals surface area (Å²) < 4.78 is 6.77. The molecule has 0 aliphatic carbocycles. The molecular weight excluding hydrogens is 344 g/mol. The molecule has 2 N–H and O–H groups in total. The molecule has 0 bridgehead atoms. The van der Waals surface area contributed by atoms with E-state index >= 15 is 0 Å². The lowest BCUT2D eigenvalue weighted by molar-refractivity contribution is -0.137. The third-order valence-corrected chi connectivity index (χ3v) is 5.18. The Balaban J connectivity index is 1.97. The van der Waals surface area contributed by atoms with E-state index in [-0.39, 0.29) is 11.6 Å². The summed E-state index contributed by atoms with van der Waals surface area (Å²) in [4.78, 5) is 27.5. The van der Waals surface area contributed by atoms with Crippen LogP contribution in [0.3, 0.4) is 0 Å². The van der Waals surface area contributed by atoms with Crippen LogP contribution in [0.4, 0.5) is 5.69 Å². The monoisotopic (exact) mass is 372 g/mol. The topological polar surface area (TPSA) is 94.4 Å². The SMILES string of the molecule is Cc1cc(-c2cc(N)c(=O)n([C@H](C)C(=O)N3C[C@H](C)C[C@H](C)C3)n2)c(C)o1. The zero-order chi connectivity index (χ0) is 19.9. The minimum atomic E-state index is -0.717. The van der Waals surface area contributed by atoms with Crippen molar-refractivity contribution in [1.29, 1.82) is 0 Å². The molecular formula is C20H28N4O3. The molecule has 1 aliphatic heterocycles. The van der Waals surface area contributed by atoms with Gasteiger partial charge in [-0.25, -0.2) is 4.68 Å². The number of rotatable bonds is 3. The molecule has 2 aromatic heterocycles. The number of nitrogens with two attached hydrogens (primary N) is 1. The van der Waals surface area contributed by atoms with Gasteiger partial charge in [0.25, 0.3) is 5.56 Å². The van der Waals surface area contributed by atoms with E-state index in [4.69, 9.17) is 10.2 Å². The Morgan fingerprint density at radius 3 is 2.44 bits per heavy atom. The van der Waals surface area contributed by atoms with Crippen LogP contribution in [0.5, 0.6) is 0 Å². The van der Waals surface area contributed by atoms with Crippen molar-refractivity contribution in [2.45, 2.75) is 47.1 Å². The van der Waals surface area contributed by atoms with Crippen LogP contribution in [0.15, 0.2) is 21.3 Å². The van der Waals surface area contributed by atoms with Crippen LogP contribution in [0.1, 0.15) is 44.8 Å². The first kappa shape index (κ1) is 19.2. The standard InChI is InChI=1S/C20H28N4O3/c1-11-6-12(2)10-23(9-11)19(25)14(4)24-20(26)17(21)8-18(22-24)16-7-13(3)27-15(16)5/h7-8,11-12,14H,6,9-10,21H2,1-5H3/t11-,12+,14-/m1/s1. The summed E-state index contributed by atoms with van der Waals surface area (Å²) in [6, 6.07) is 2.68. The van der Waals surface area contributed by atoms with E-state index in [9.17, 15) is 9.59 Å². The molecule has 0 saturated carbocycles. The fraction of sp³-hybridized carbons (Fsp3) is 0.550. The van der Waals surface area contributed by atoms with Crippen molar-refractivity contribution >= 4 is 11.6 Å². The van der Waals surface area contributed by atoms with Crippen molar-refractivity contribution in [2.24, 2.45) is 11.8 Å². The summed E-state index contributed by atoms with van der Waals surface area (Å²) in [5.41, 5.74) is 6.87. The lowest BCUT2D eigenvalue weighted by Gasteiger charge is -2.36. The van der Waals surface area contributed by atoms with Crippen molar-refractivity contribution in [3.8, 4) is 11.3 Å². The number of carbonyl (C=O) groups excluding carboxylic acids is 1. The van der Waals surface area contributed by atoms with Gasteiger partial charge >= 0.3 is 0 Å². The predicted octanol–water partition coefficient (Wildman–Crippen LogP) is 2.77. The molecule has 3 heterocycles. The summed E-state index contributed by atoms with van der Waals surface area (Å²) in [6.07, 6.45) is 1.11. The van der Waals surface area contributed by atoms with E-state index in [1.54, 1.807) is 13.0 Å². The molecule has 3 rings (SSSR count). The van der Waals surface area contributed by atoms with Crippen LogP contribution < -0.4 is 11.3 Å². The number of nitrogen functional groups attached to an aromatic ring is 1. The average Bonchev–Trinajstić information content (AvgIpc) is 2.93. The van der Waals surface area contributed by atoms with Crippen molar-refractivity contribution in [1.82, 2.24) is 14.7 Å². The minimum Gasteiger partial charge on any atom is -0.466 e. The van der Waals surface area contributed by atoms with Gasteiger partial charge in [0.15, 0.2) is 0 Å². The van der Waals surface area contributed by atoms with E-state index in [0.29, 0.717) is 36.4 Å². The molecule has 2 aromatic rings. The van der Waals surface area contributed by atoms with Gasteiger partial charge in [0.1, 0.15) is 23.2 Å². The van der Waals surface area contributed by atoms with Crippen LogP contribution in [0, 0.1) is 25.7 Å². The number of furan rings is 1. The second kappa shape index (κ2) is 7.21. The van der Waals surface area contributed by atoms with Gasteiger partial charge in [0, 0.05) is 18.7 Å². The molecule has 27 heavy (non-hydrogen) atoms. The highest BCUT2D eigenvalue weighted by molar-refractivity contribution is 5.80. The molecule has 0 aromatic carbocycles. The number of likely N-dealkylation sites (tertiary alicyclic amines) is 1. The Bertz CT molecular complexity index is 904. The van der Waals surface area contributed by atoms with E-state index in [0.717, 1.165) is 17.7 Å². The van der Waals surface area contributed by atoms with Crippen molar-refractivity contribution in [3.05, 3.63) is 34.0 Å². The second-order valence-electron chi connectivity index (χ2n) is 7.93. The second-order valence-corrected chi connectivity index (χ2v) is 7.93. The van der Waals surface area contributed by atoms with Gasteiger partial charge in [-0.15, -0.1) is 0 Å². The fourth-order valence-electron chi connectivity index (χ4n) is 4.02. The van der Waals surface area contributed by atoms with Crippen LogP contribution in [0.2, 0.25) is 0 Å². The third kappa shape index (κ3) is 3.77. The van der Waals surface area contributed by atoms with Gasteiger partial charge in [0.05, 0.1) is 5.69 Å². The first-order chi connectivity index (χ1) is 12.7. The largest absolute Gasteiger partial charge is 0.466 e. The number of nitrogens with zero attached hydrogens (tertiary/aromatic N) is 3. The highest BCUT2D eigenvalue weighted by Crippen LogP contribution is 2.26. The minimum absolute atomic E-state index is 0.0679. The predicted molar refractivity (Wildman–Crippen MR) is 104 cm³/mol. The first-order valence-corrected chi connectivity index (χ1v) is 9.43. The molecule has 1 fully saturated rings. The smallest absolute Gasteiger partial charge is 0.290 e. The van der Waals surface area contributed by atoms with Crippen LogP contribution in [-0.2, 0) is 4.79 Å². The van der Waals surface area contributed by atoms with E-state index in [1.165, 1.54) is 4.68 Å². The van der Waals surface area contributed by atoms with Gasteiger partial charge in [-0.1, -0.05) is 13.8 Å². The van der Waals surface area contributed by atoms with Gasteiger partial charge in [-0.3, -0.25) is 9.59 Å². The Labute approximate surface area is 159 Å². The number of anilines is 1.